The SMILES string of the molecule is COC(=O)c1cc(C)nc(N2CC[C@H](CO)[C@@H](O)C2)n1.O=CO. The van der Waals surface area contributed by atoms with Crippen LogP contribution < -0.4 is 4.90 Å². The van der Waals surface area contributed by atoms with E-state index in [-0.39, 0.29) is 24.7 Å². The van der Waals surface area contributed by atoms with Crippen LogP contribution in [0.15, 0.2) is 6.07 Å². The Balaban J connectivity index is 0.000000816. The summed E-state index contributed by atoms with van der Waals surface area (Å²) in [7, 11) is 1.30. The van der Waals surface area contributed by atoms with Crippen molar-refractivity contribution in [1.29, 1.82) is 0 Å². The summed E-state index contributed by atoms with van der Waals surface area (Å²) in [6.07, 6.45) is 0.0298. The largest absolute Gasteiger partial charge is 0.483 e. The van der Waals surface area contributed by atoms with Crippen LogP contribution in [0.5, 0.6) is 0 Å². The van der Waals surface area contributed by atoms with Gasteiger partial charge in [0.05, 0.1) is 13.2 Å². The molecule has 2 heterocycles. The van der Waals surface area contributed by atoms with Crippen LogP contribution in [0.25, 0.3) is 0 Å². The van der Waals surface area contributed by atoms with Gasteiger partial charge in [-0.1, -0.05) is 0 Å². The maximum absolute atomic E-state index is 11.5. The Hall–Kier alpha value is -2.26. The van der Waals surface area contributed by atoms with E-state index in [9.17, 15) is 9.90 Å². The number of aromatic nitrogens is 2. The molecule has 3 N–H and O–H groups in total. The molecule has 1 aromatic heterocycles. The van der Waals surface area contributed by atoms with E-state index in [0.717, 1.165) is 0 Å². The predicted molar refractivity (Wildman–Crippen MR) is 80.2 cm³/mol. The number of rotatable bonds is 3. The van der Waals surface area contributed by atoms with Gasteiger partial charge in [-0.05, 0) is 19.4 Å². The van der Waals surface area contributed by atoms with Crippen LogP contribution >= 0.6 is 0 Å². The Morgan fingerprint density at radius 1 is 1.52 bits per heavy atom. The molecule has 23 heavy (non-hydrogen) atoms. The maximum Gasteiger partial charge on any atom is 0.356 e. The second-order valence-corrected chi connectivity index (χ2v) is 5.04. The fourth-order valence-corrected chi connectivity index (χ4v) is 2.28. The zero-order valence-corrected chi connectivity index (χ0v) is 13.0. The minimum Gasteiger partial charge on any atom is -0.483 e. The molecule has 1 aliphatic rings. The highest BCUT2D eigenvalue weighted by atomic mass is 16.5. The van der Waals surface area contributed by atoms with Crippen LogP contribution in [0.4, 0.5) is 5.95 Å². The van der Waals surface area contributed by atoms with Crippen molar-refractivity contribution < 1.29 is 29.6 Å². The molecule has 1 aromatic rings. The first-order chi connectivity index (χ1) is 11.0. The summed E-state index contributed by atoms with van der Waals surface area (Å²) >= 11 is 0. The third-order valence-corrected chi connectivity index (χ3v) is 3.48. The molecular weight excluding hydrogens is 306 g/mol. The van der Waals surface area contributed by atoms with E-state index in [1.165, 1.54) is 7.11 Å². The summed E-state index contributed by atoms with van der Waals surface area (Å²) in [5, 5.41) is 26.0. The van der Waals surface area contributed by atoms with E-state index >= 15 is 0 Å². The monoisotopic (exact) mass is 327 g/mol. The van der Waals surface area contributed by atoms with Gasteiger partial charge in [0.15, 0.2) is 5.69 Å². The molecule has 0 aliphatic carbocycles. The van der Waals surface area contributed by atoms with Gasteiger partial charge in [-0.15, -0.1) is 0 Å². The van der Waals surface area contributed by atoms with E-state index in [1.807, 2.05) is 4.90 Å². The number of β-amino-alcohol motifs (C(OH)–C–C–N with tert-alkyl or cyclic N) is 1. The number of carboxylic acid groups (broad SMARTS) is 1. The van der Waals surface area contributed by atoms with E-state index < -0.39 is 12.1 Å². The molecule has 2 rings (SSSR count). The summed E-state index contributed by atoms with van der Waals surface area (Å²) in [6.45, 7) is 2.47. The zero-order chi connectivity index (χ0) is 17.4. The highest BCUT2D eigenvalue weighted by Gasteiger charge is 2.28. The second kappa shape index (κ2) is 9.01. The van der Waals surface area contributed by atoms with E-state index in [1.54, 1.807) is 13.0 Å². The fourth-order valence-electron chi connectivity index (χ4n) is 2.28. The van der Waals surface area contributed by atoms with Gasteiger partial charge in [0.2, 0.25) is 5.95 Å². The molecule has 0 aromatic carbocycles. The summed E-state index contributed by atoms with van der Waals surface area (Å²) < 4.78 is 4.66. The van der Waals surface area contributed by atoms with Gasteiger partial charge >= 0.3 is 5.97 Å². The molecule has 0 bridgehead atoms. The van der Waals surface area contributed by atoms with Gasteiger partial charge in [0.1, 0.15) is 0 Å². The number of esters is 1. The Morgan fingerprint density at radius 2 is 2.17 bits per heavy atom. The van der Waals surface area contributed by atoms with Crippen molar-refractivity contribution in [3.05, 3.63) is 17.5 Å². The quantitative estimate of drug-likeness (QED) is 0.494. The number of anilines is 1. The minimum atomic E-state index is -0.626. The van der Waals surface area contributed by atoms with Crippen molar-refractivity contribution in [3.63, 3.8) is 0 Å². The highest BCUT2D eigenvalue weighted by molar-refractivity contribution is 5.87. The first-order valence-corrected chi connectivity index (χ1v) is 7.02. The molecule has 0 radical (unpaired) electrons. The number of carbonyl (C=O) groups is 2. The second-order valence-electron chi connectivity index (χ2n) is 5.04. The normalized spacial score (nSPS) is 20.3. The van der Waals surface area contributed by atoms with Crippen LogP contribution in [-0.4, -0.2) is 70.6 Å². The molecular formula is C14H21N3O6. The lowest BCUT2D eigenvalue weighted by molar-refractivity contribution is -0.122. The average Bonchev–Trinajstić information content (AvgIpc) is 2.54. The van der Waals surface area contributed by atoms with Gasteiger partial charge < -0.3 is 25.0 Å². The summed E-state index contributed by atoms with van der Waals surface area (Å²) in [5.41, 5.74) is 0.864. The van der Waals surface area contributed by atoms with Crippen molar-refractivity contribution in [2.24, 2.45) is 5.92 Å². The highest BCUT2D eigenvalue weighted by Crippen LogP contribution is 2.21. The average molecular weight is 327 g/mol. The summed E-state index contributed by atoms with van der Waals surface area (Å²) in [6, 6.07) is 1.56. The number of piperidine rings is 1. The lowest BCUT2D eigenvalue weighted by Crippen LogP contribution is -2.45. The molecule has 0 spiro atoms. The number of aliphatic hydroxyl groups is 2. The molecule has 9 nitrogen and oxygen atoms in total. The third-order valence-electron chi connectivity index (χ3n) is 3.48. The van der Waals surface area contributed by atoms with Gasteiger partial charge in [-0.25, -0.2) is 14.8 Å². The predicted octanol–water partition coefficient (Wildman–Crippen LogP) is -0.548. The summed E-state index contributed by atoms with van der Waals surface area (Å²) in [5.74, 6) is -0.223. The standard InChI is InChI=1S/C13H19N3O4.CH2O2/c1-8-5-10(12(19)20-2)15-13(14-8)16-4-3-9(7-17)11(18)6-16;2-1-3/h5,9,11,17-18H,3-4,6-7H2,1-2H3;1H,(H,2,3)/t9-,11+;/m1./s1. The van der Waals surface area contributed by atoms with E-state index in [2.05, 4.69) is 14.7 Å². The molecule has 1 fully saturated rings. The first kappa shape index (κ1) is 18.8. The molecule has 0 unspecified atom stereocenters. The lowest BCUT2D eigenvalue weighted by atomic mass is 9.95. The number of aliphatic hydroxyl groups excluding tert-OH is 2. The van der Waals surface area contributed by atoms with Crippen molar-refractivity contribution >= 4 is 18.4 Å². The van der Waals surface area contributed by atoms with Gasteiger partial charge in [0, 0.05) is 31.3 Å². The van der Waals surface area contributed by atoms with Crippen LogP contribution in [-0.2, 0) is 9.53 Å². The molecule has 1 aliphatic heterocycles. The Morgan fingerprint density at radius 3 is 2.70 bits per heavy atom. The van der Waals surface area contributed by atoms with Crippen molar-refractivity contribution in [2.75, 3.05) is 31.7 Å². The van der Waals surface area contributed by atoms with Gasteiger partial charge in [-0.3, -0.25) is 4.79 Å². The van der Waals surface area contributed by atoms with Crippen molar-refractivity contribution in [2.45, 2.75) is 19.4 Å². The Kier molecular flexibility index (Phi) is 7.36. The van der Waals surface area contributed by atoms with Crippen LogP contribution in [0.3, 0.4) is 0 Å². The zero-order valence-electron chi connectivity index (χ0n) is 13.0. The summed E-state index contributed by atoms with van der Waals surface area (Å²) in [4.78, 5) is 30.2. The van der Waals surface area contributed by atoms with E-state index in [4.69, 9.17) is 15.0 Å². The topological polar surface area (TPSA) is 133 Å². The first-order valence-electron chi connectivity index (χ1n) is 7.02. The molecule has 128 valence electrons. The maximum atomic E-state index is 11.5. The smallest absolute Gasteiger partial charge is 0.356 e. The van der Waals surface area contributed by atoms with Crippen LogP contribution in [0.2, 0.25) is 0 Å². The molecule has 0 amide bonds. The number of carbonyl (C=O) groups excluding carboxylic acids is 1. The molecule has 2 atom stereocenters. The van der Waals surface area contributed by atoms with E-state index in [0.29, 0.717) is 31.2 Å². The van der Waals surface area contributed by atoms with Crippen molar-refractivity contribution in [1.82, 2.24) is 9.97 Å². The number of hydrogen-bond acceptors (Lipinski definition) is 8. The number of nitrogens with zero attached hydrogens (tertiary/aromatic N) is 3. The van der Waals surface area contributed by atoms with Crippen LogP contribution in [0, 0.1) is 12.8 Å². The Bertz CT molecular complexity index is 539. The van der Waals surface area contributed by atoms with Crippen molar-refractivity contribution in [3.8, 4) is 0 Å². The Labute approximate surface area is 133 Å². The number of methoxy groups -OCH3 is 1. The number of ether oxygens (including phenoxy) is 1. The minimum absolute atomic E-state index is 0.0307. The fraction of sp³-hybridized carbons (Fsp3) is 0.571. The molecule has 0 saturated carbocycles. The molecule has 9 heteroatoms. The number of hydrogen-bond donors (Lipinski definition) is 3. The van der Waals surface area contributed by atoms with Crippen LogP contribution in [0.1, 0.15) is 22.6 Å². The lowest BCUT2D eigenvalue weighted by Gasteiger charge is -2.35. The number of aryl methyl sites for hydroxylation is 1. The van der Waals surface area contributed by atoms with Gasteiger partial charge in [0.25, 0.3) is 6.47 Å². The van der Waals surface area contributed by atoms with Gasteiger partial charge in [-0.2, -0.15) is 0 Å². The molecule has 1 saturated heterocycles. The third kappa shape index (κ3) is 5.15.